The molecule has 0 radical (unpaired) electrons. The second-order valence-corrected chi connectivity index (χ2v) is 5.91. The third-order valence-corrected chi connectivity index (χ3v) is 3.93. The normalized spacial score (nSPS) is 19.5. The Hall–Kier alpha value is -1.56. The zero-order chi connectivity index (χ0) is 15.2. The molecule has 1 aromatic heterocycles. The lowest BCUT2D eigenvalue weighted by Crippen LogP contribution is -2.34. The van der Waals surface area contributed by atoms with Crippen LogP contribution in [-0.2, 0) is 11.3 Å². The van der Waals surface area contributed by atoms with Crippen LogP contribution in [0.3, 0.4) is 0 Å². The highest BCUT2D eigenvalue weighted by molar-refractivity contribution is 5.88. The van der Waals surface area contributed by atoms with E-state index in [0.717, 1.165) is 44.6 Å². The Bertz CT molecular complexity index is 454. The van der Waals surface area contributed by atoms with Crippen LogP contribution < -0.4 is 5.32 Å². The fraction of sp³-hybridized carbons (Fsp3) is 0.733. The van der Waals surface area contributed by atoms with E-state index in [0.29, 0.717) is 5.92 Å². The summed E-state index contributed by atoms with van der Waals surface area (Å²) in [6.45, 7) is 6.62. The molecular formula is C15H26N4O2. The summed E-state index contributed by atoms with van der Waals surface area (Å²) < 4.78 is 7.42. The smallest absolute Gasteiger partial charge is 0.321 e. The molecule has 0 saturated carbocycles. The number of carbonyl (C=O) groups excluding carboxylic acids is 1. The summed E-state index contributed by atoms with van der Waals surface area (Å²) in [4.78, 5) is 13.8. The van der Waals surface area contributed by atoms with Crippen molar-refractivity contribution in [3.8, 4) is 0 Å². The fourth-order valence-corrected chi connectivity index (χ4v) is 2.42. The van der Waals surface area contributed by atoms with E-state index in [1.54, 1.807) is 11.1 Å². The molecular weight excluding hydrogens is 268 g/mol. The fourth-order valence-electron chi connectivity index (χ4n) is 2.42. The lowest BCUT2D eigenvalue weighted by molar-refractivity contribution is 0.0940. The van der Waals surface area contributed by atoms with Crippen molar-refractivity contribution in [1.29, 1.82) is 0 Å². The van der Waals surface area contributed by atoms with Gasteiger partial charge >= 0.3 is 6.03 Å². The molecule has 2 atom stereocenters. The van der Waals surface area contributed by atoms with Crippen molar-refractivity contribution in [1.82, 2.24) is 14.7 Å². The molecule has 0 spiro atoms. The Kier molecular flexibility index (Phi) is 5.61. The molecule has 1 fully saturated rings. The maximum atomic E-state index is 12.1. The van der Waals surface area contributed by atoms with Gasteiger partial charge in [0.1, 0.15) is 0 Å². The van der Waals surface area contributed by atoms with Crippen molar-refractivity contribution >= 4 is 11.7 Å². The van der Waals surface area contributed by atoms with Crippen molar-refractivity contribution in [3.05, 3.63) is 12.4 Å². The standard InChI is InChI=1S/C15H26N4O2/c1-4-12(2)9-18(3)15(20)17-13-8-16-19(10-13)11-14-6-5-7-21-14/h8,10,12,14H,4-7,9,11H2,1-3H3,(H,17,20)/t12-,14+/m0/s1. The van der Waals surface area contributed by atoms with Gasteiger partial charge in [0.25, 0.3) is 0 Å². The molecule has 6 heteroatoms. The van der Waals surface area contributed by atoms with Crippen LogP contribution in [-0.4, -0.2) is 47.0 Å². The lowest BCUT2D eigenvalue weighted by atomic mass is 10.1. The minimum atomic E-state index is -0.0908. The molecule has 1 aliphatic rings. The second kappa shape index (κ2) is 7.45. The number of amides is 2. The summed E-state index contributed by atoms with van der Waals surface area (Å²) in [5, 5.41) is 7.15. The monoisotopic (exact) mass is 294 g/mol. The highest BCUT2D eigenvalue weighted by Crippen LogP contribution is 2.15. The molecule has 6 nitrogen and oxygen atoms in total. The summed E-state index contributed by atoms with van der Waals surface area (Å²) in [5.74, 6) is 0.503. The molecule has 118 valence electrons. The Labute approximate surface area is 126 Å². The molecule has 0 bridgehead atoms. The van der Waals surface area contributed by atoms with Crippen LogP contribution in [0.4, 0.5) is 10.5 Å². The first-order valence-corrected chi connectivity index (χ1v) is 7.74. The minimum absolute atomic E-state index is 0.0908. The van der Waals surface area contributed by atoms with Gasteiger partial charge in [0.2, 0.25) is 0 Å². The minimum Gasteiger partial charge on any atom is -0.376 e. The van der Waals surface area contributed by atoms with Gasteiger partial charge in [-0.15, -0.1) is 0 Å². The predicted octanol–water partition coefficient (Wildman–Crippen LogP) is 2.57. The van der Waals surface area contributed by atoms with Crippen LogP contribution in [0.15, 0.2) is 12.4 Å². The molecule has 1 N–H and O–H groups in total. The van der Waals surface area contributed by atoms with E-state index in [2.05, 4.69) is 24.3 Å². The molecule has 21 heavy (non-hydrogen) atoms. The van der Waals surface area contributed by atoms with Gasteiger partial charge in [0, 0.05) is 26.4 Å². The maximum Gasteiger partial charge on any atom is 0.321 e. The summed E-state index contributed by atoms with van der Waals surface area (Å²) in [6, 6.07) is -0.0908. The SMILES string of the molecule is CC[C@H](C)CN(C)C(=O)Nc1cnn(C[C@H]2CCCO2)c1. The van der Waals surface area contributed by atoms with Crippen LogP contribution in [0.5, 0.6) is 0 Å². The van der Waals surface area contributed by atoms with Crippen molar-refractivity contribution in [2.24, 2.45) is 5.92 Å². The van der Waals surface area contributed by atoms with E-state index in [4.69, 9.17) is 4.74 Å². The number of carbonyl (C=O) groups is 1. The maximum absolute atomic E-state index is 12.1. The van der Waals surface area contributed by atoms with Gasteiger partial charge in [-0.1, -0.05) is 20.3 Å². The number of aromatic nitrogens is 2. The molecule has 2 amide bonds. The van der Waals surface area contributed by atoms with E-state index in [-0.39, 0.29) is 12.1 Å². The van der Waals surface area contributed by atoms with Crippen molar-refractivity contribution in [2.45, 2.75) is 45.8 Å². The third kappa shape index (κ3) is 4.74. The van der Waals surface area contributed by atoms with E-state index < -0.39 is 0 Å². The second-order valence-electron chi connectivity index (χ2n) is 5.91. The first-order chi connectivity index (χ1) is 10.1. The van der Waals surface area contributed by atoms with Crippen molar-refractivity contribution < 1.29 is 9.53 Å². The average molecular weight is 294 g/mol. The topological polar surface area (TPSA) is 59.4 Å². The van der Waals surface area contributed by atoms with Crippen LogP contribution >= 0.6 is 0 Å². The Morgan fingerprint density at radius 2 is 2.48 bits per heavy atom. The Balaban J connectivity index is 1.82. The number of hydrogen-bond donors (Lipinski definition) is 1. The number of nitrogens with one attached hydrogen (secondary N) is 1. The molecule has 1 saturated heterocycles. The molecule has 2 heterocycles. The van der Waals surface area contributed by atoms with Crippen LogP contribution in [0.2, 0.25) is 0 Å². The summed E-state index contributed by atoms with van der Waals surface area (Å²) in [7, 11) is 1.82. The molecule has 0 unspecified atom stereocenters. The Morgan fingerprint density at radius 1 is 1.67 bits per heavy atom. The molecule has 2 rings (SSSR count). The molecule has 1 aromatic rings. The number of urea groups is 1. The zero-order valence-electron chi connectivity index (χ0n) is 13.2. The van der Waals surface area contributed by atoms with E-state index >= 15 is 0 Å². The number of hydrogen-bond acceptors (Lipinski definition) is 3. The summed E-state index contributed by atoms with van der Waals surface area (Å²) >= 11 is 0. The first kappa shape index (κ1) is 15.8. The highest BCUT2D eigenvalue weighted by atomic mass is 16.5. The summed E-state index contributed by atoms with van der Waals surface area (Å²) in [5.41, 5.74) is 0.731. The van der Waals surface area contributed by atoms with Crippen LogP contribution in [0.25, 0.3) is 0 Å². The van der Waals surface area contributed by atoms with Gasteiger partial charge in [-0.05, 0) is 18.8 Å². The van der Waals surface area contributed by atoms with Crippen molar-refractivity contribution in [3.63, 3.8) is 0 Å². The highest BCUT2D eigenvalue weighted by Gasteiger charge is 2.17. The average Bonchev–Trinajstić information content (AvgIpc) is 3.11. The van der Waals surface area contributed by atoms with Crippen LogP contribution in [0.1, 0.15) is 33.1 Å². The van der Waals surface area contributed by atoms with E-state index in [9.17, 15) is 4.79 Å². The number of rotatable bonds is 6. The largest absolute Gasteiger partial charge is 0.376 e. The van der Waals surface area contributed by atoms with E-state index in [1.165, 1.54) is 0 Å². The predicted molar refractivity (Wildman–Crippen MR) is 82.3 cm³/mol. The zero-order valence-corrected chi connectivity index (χ0v) is 13.2. The Morgan fingerprint density at radius 3 is 3.14 bits per heavy atom. The summed E-state index contributed by atoms with van der Waals surface area (Å²) in [6.07, 6.45) is 7.06. The van der Waals surface area contributed by atoms with Crippen LogP contribution in [0, 0.1) is 5.92 Å². The van der Waals surface area contributed by atoms with Gasteiger partial charge < -0.3 is 15.0 Å². The quantitative estimate of drug-likeness (QED) is 0.877. The lowest BCUT2D eigenvalue weighted by Gasteiger charge is -2.20. The van der Waals surface area contributed by atoms with Gasteiger partial charge in [-0.25, -0.2) is 4.79 Å². The molecule has 0 aromatic carbocycles. The van der Waals surface area contributed by atoms with Crippen molar-refractivity contribution in [2.75, 3.05) is 25.5 Å². The number of ether oxygens (including phenoxy) is 1. The van der Waals surface area contributed by atoms with Gasteiger partial charge in [0.05, 0.1) is 24.5 Å². The van der Waals surface area contributed by atoms with Gasteiger partial charge in [-0.2, -0.15) is 5.10 Å². The first-order valence-electron chi connectivity index (χ1n) is 7.74. The number of nitrogens with zero attached hydrogens (tertiary/aromatic N) is 3. The third-order valence-electron chi connectivity index (χ3n) is 3.93. The molecule has 1 aliphatic heterocycles. The molecule has 0 aliphatic carbocycles. The van der Waals surface area contributed by atoms with Gasteiger partial charge in [-0.3, -0.25) is 4.68 Å². The van der Waals surface area contributed by atoms with E-state index in [1.807, 2.05) is 17.9 Å². The van der Waals surface area contributed by atoms with Gasteiger partial charge in [0.15, 0.2) is 0 Å². The number of anilines is 1.